The van der Waals surface area contributed by atoms with Gasteiger partial charge in [0, 0.05) is 71.9 Å². The van der Waals surface area contributed by atoms with E-state index in [4.69, 9.17) is 10.8 Å². The summed E-state index contributed by atoms with van der Waals surface area (Å²) in [5, 5.41) is 27.9. The minimum Gasteiger partial charge on any atom is -0.481 e. The van der Waals surface area contributed by atoms with Crippen molar-refractivity contribution < 1.29 is 119 Å². The van der Waals surface area contributed by atoms with Gasteiger partial charge in [0.15, 0.2) is 0 Å². The Hall–Kier alpha value is -1.35. The molecule has 1 rings (SSSR count). The molecule has 1 aromatic carbocycles. The van der Waals surface area contributed by atoms with Crippen LogP contribution in [0.25, 0.3) is 0 Å². The van der Waals surface area contributed by atoms with E-state index >= 15 is 0 Å². The number of benzene rings is 1. The van der Waals surface area contributed by atoms with E-state index in [1.165, 1.54) is 7.05 Å². The molecule has 0 saturated heterocycles. The molecule has 0 fully saturated rings. The fourth-order valence-electron chi connectivity index (χ4n) is 3.14. The third-order valence-corrected chi connectivity index (χ3v) is 5.38. The van der Waals surface area contributed by atoms with Gasteiger partial charge in [0.25, 0.3) is 0 Å². The Balaban J connectivity index is -0.00000171. The van der Waals surface area contributed by atoms with Crippen LogP contribution in [0.5, 0.6) is 0 Å². The Labute approximate surface area is 305 Å². The van der Waals surface area contributed by atoms with Gasteiger partial charge in [-0.2, -0.15) is 6.42 Å². The van der Waals surface area contributed by atoms with E-state index in [1.807, 2.05) is 12.1 Å². The molecule has 8 N–H and O–H groups in total. The summed E-state index contributed by atoms with van der Waals surface area (Å²) in [6.45, 7) is 3.77. The van der Waals surface area contributed by atoms with Crippen LogP contribution in [0, 0.1) is 102 Å². The molecule has 234 valence electrons. The van der Waals surface area contributed by atoms with Crippen molar-refractivity contribution in [2.45, 2.75) is 63.1 Å². The van der Waals surface area contributed by atoms with E-state index < -0.39 is 54.2 Å². The van der Waals surface area contributed by atoms with Gasteiger partial charge in [-0.25, -0.2) is 4.79 Å². The minimum absolute atomic E-state index is 0. The zero-order chi connectivity index (χ0) is 28.0. The molecule has 0 aliphatic carbocycles. The number of nitrogens with one attached hydrogen (secondary N) is 4. The summed E-state index contributed by atoms with van der Waals surface area (Å²) in [7, 11) is 1.38. The number of hydrogen-bond acceptors (Lipinski definition) is 7. The monoisotopic (exact) mass is 866 g/mol. The van der Waals surface area contributed by atoms with Crippen LogP contribution in [0.3, 0.4) is 0 Å². The predicted octanol–water partition coefficient (Wildman–Crippen LogP) is 0.455. The maximum atomic E-state index is 12.7. The number of carboxylic acid groups (broad SMARTS) is 2. The van der Waals surface area contributed by atoms with E-state index in [0.29, 0.717) is 12.1 Å². The van der Waals surface area contributed by atoms with Crippen molar-refractivity contribution in [1.29, 1.82) is 0 Å². The van der Waals surface area contributed by atoms with Crippen LogP contribution < -0.4 is 27.0 Å². The van der Waals surface area contributed by atoms with Crippen molar-refractivity contribution in [3.63, 3.8) is 0 Å². The summed E-state index contributed by atoms with van der Waals surface area (Å²) in [5.74, 6) is -5.19. The molecule has 0 heterocycles. The molecule has 0 aromatic heterocycles. The quantitative estimate of drug-likeness (QED) is 0.115. The molecule has 3 unspecified atom stereocenters. The van der Waals surface area contributed by atoms with E-state index in [0.717, 1.165) is 5.56 Å². The van der Waals surface area contributed by atoms with Crippen molar-refractivity contribution >= 4 is 41.3 Å². The molecule has 0 spiro atoms. The van der Waals surface area contributed by atoms with Gasteiger partial charge in [-0.05, 0) is 31.4 Å². The Morgan fingerprint density at radius 1 is 0.829 bits per heavy atom. The standard InChI is InChI=1S/C24H34N5O8.2CH3.2Gd/c1-3-14-4-6-15(7-5-14)27-20(31)11-8-16(25)22(34)28-17(10-13-21(32)33)23(35)29-18(24(36)37)9-12-19(30)26-2;;;;/h4-7,16-18H,1,3,8-13,25H2,2H3,(H,26,30)(H,27,31)(H,28,34)(H,29,35)(H,32,33)(H,36,37);2*1H3;;/q3*-1;;+2. The smallest absolute Gasteiger partial charge is 0.481 e. The molecule has 0 bridgehead atoms. The average molecular weight is 865 g/mol. The maximum Gasteiger partial charge on any atom is 2.00 e. The minimum atomic E-state index is -1.44. The topological polar surface area (TPSA) is 217 Å². The number of rotatable bonds is 16. The number of aliphatic carboxylic acids is 2. The number of carbonyl (C=O) groups is 6. The van der Waals surface area contributed by atoms with Crippen molar-refractivity contribution in [2.24, 2.45) is 5.73 Å². The molecular formula is C26H40Gd2N5O8-. The van der Waals surface area contributed by atoms with Crippen molar-refractivity contribution in [3.05, 3.63) is 51.6 Å². The van der Waals surface area contributed by atoms with Gasteiger partial charge in [-0.1, -0.05) is 17.7 Å². The molecule has 0 aliphatic heterocycles. The molecule has 41 heavy (non-hydrogen) atoms. The van der Waals surface area contributed by atoms with E-state index in [-0.39, 0.29) is 133 Å². The normalized spacial score (nSPS) is 11.7. The van der Waals surface area contributed by atoms with Gasteiger partial charge < -0.3 is 59.0 Å². The third kappa shape index (κ3) is 19.5. The van der Waals surface area contributed by atoms with Crippen LogP contribution in [-0.4, -0.2) is 71.0 Å². The number of carboxylic acids is 2. The first kappa shape index (κ1) is 46.6. The molecule has 4 amide bonds. The van der Waals surface area contributed by atoms with Crippen LogP contribution in [-0.2, 0) is 35.2 Å². The fourth-order valence-corrected chi connectivity index (χ4v) is 3.14. The van der Waals surface area contributed by atoms with Gasteiger partial charge in [0.05, 0.1) is 6.04 Å². The molecule has 1 aromatic rings. The van der Waals surface area contributed by atoms with E-state index in [1.54, 1.807) is 12.1 Å². The van der Waals surface area contributed by atoms with Crippen LogP contribution in [0.1, 0.15) is 44.1 Å². The van der Waals surface area contributed by atoms with E-state index in [2.05, 4.69) is 28.2 Å². The van der Waals surface area contributed by atoms with Crippen molar-refractivity contribution in [2.75, 3.05) is 12.4 Å². The molecule has 0 aliphatic rings. The SMILES string of the molecule is [CH2-]Cc1ccc(NC(=O)CCC(N)C(=O)NC(CCC(=O)O)C(=O)NC(CCC(=O)NC)C(=O)O)cc1.[CH3-].[CH3-].[Gd+2].[Gd]. The molecule has 0 radical (unpaired) electrons. The Morgan fingerprint density at radius 2 is 1.34 bits per heavy atom. The van der Waals surface area contributed by atoms with E-state index in [9.17, 15) is 33.9 Å². The van der Waals surface area contributed by atoms with Crippen LogP contribution in [0.2, 0.25) is 0 Å². The van der Waals surface area contributed by atoms with Gasteiger partial charge in [-0.15, -0.1) is 0 Å². The third-order valence-electron chi connectivity index (χ3n) is 5.38. The first-order valence-electron chi connectivity index (χ1n) is 11.7. The summed E-state index contributed by atoms with van der Waals surface area (Å²) < 4.78 is 0. The number of carbonyl (C=O) groups excluding carboxylic acids is 4. The largest absolute Gasteiger partial charge is 2.00 e. The number of amides is 4. The van der Waals surface area contributed by atoms with Gasteiger partial charge >= 0.3 is 51.9 Å². The Morgan fingerprint density at radius 3 is 1.83 bits per heavy atom. The number of anilines is 1. The summed E-state index contributed by atoms with van der Waals surface area (Å²) in [5.41, 5.74) is 7.43. The first-order chi connectivity index (χ1) is 17.5. The second-order valence-electron chi connectivity index (χ2n) is 8.25. The fraction of sp³-hybridized carbons (Fsp3) is 0.423. The summed E-state index contributed by atoms with van der Waals surface area (Å²) in [6, 6.07) is 3.05. The number of hydrogen-bond donors (Lipinski definition) is 7. The average Bonchev–Trinajstić information content (AvgIpc) is 2.86. The van der Waals surface area contributed by atoms with Crippen LogP contribution in [0.15, 0.2) is 24.3 Å². The summed E-state index contributed by atoms with van der Waals surface area (Å²) in [6.07, 6.45) is -0.759. The van der Waals surface area contributed by atoms with Crippen molar-refractivity contribution in [3.8, 4) is 0 Å². The molecule has 3 atom stereocenters. The second-order valence-corrected chi connectivity index (χ2v) is 8.25. The Bertz CT molecular complexity index is 979. The number of nitrogens with two attached hydrogens (primary N) is 1. The molecular weight excluding hydrogens is 825 g/mol. The van der Waals surface area contributed by atoms with Gasteiger partial charge in [-0.3, -0.25) is 24.0 Å². The summed E-state index contributed by atoms with van der Waals surface area (Å²) >= 11 is 0. The molecule has 0 saturated carbocycles. The Kier molecular flexibility index (Phi) is 28.6. The zero-order valence-corrected chi connectivity index (χ0v) is 27.9. The molecule has 15 heteroatoms. The zero-order valence-electron chi connectivity index (χ0n) is 23.3. The maximum absolute atomic E-state index is 12.7. The van der Waals surface area contributed by atoms with Crippen LogP contribution in [0.4, 0.5) is 5.69 Å². The second kappa shape index (κ2) is 25.2. The molecule has 13 nitrogen and oxygen atoms in total. The summed E-state index contributed by atoms with van der Waals surface area (Å²) in [4.78, 5) is 71.3. The van der Waals surface area contributed by atoms with Crippen molar-refractivity contribution in [1.82, 2.24) is 16.0 Å². The van der Waals surface area contributed by atoms with Crippen LogP contribution >= 0.6 is 0 Å². The predicted molar refractivity (Wildman–Crippen MR) is 146 cm³/mol. The van der Waals surface area contributed by atoms with Gasteiger partial charge in [0.2, 0.25) is 23.6 Å². The first-order valence-corrected chi connectivity index (χ1v) is 11.7. The van der Waals surface area contributed by atoms with Gasteiger partial charge in [0.1, 0.15) is 12.1 Å².